The lowest BCUT2D eigenvalue weighted by Crippen LogP contribution is -2.56. The topological polar surface area (TPSA) is 49.6 Å². The van der Waals surface area contributed by atoms with Crippen molar-refractivity contribution < 1.29 is 4.79 Å². The second-order valence-electron chi connectivity index (χ2n) is 6.58. The van der Waals surface area contributed by atoms with Crippen LogP contribution in [0, 0.1) is 11.3 Å². The van der Waals surface area contributed by atoms with Crippen LogP contribution < -0.4 is 5.73 Å². The summed E-state index contributed by atoms with van der Waals surface area (Å²) in [7, 11) is 2.22. The van der Waals surface area contributed by atoms with E-state index in [1.54, 1.807) is 0 Å². The fourth-order valence-electron chi connectivity index (χ4n) is 3.35. The molecule has 0 aromatic carbocycles. The predicted molar refractivity (Wildman–Crippen MR) is 80.4 cm³/mol. The third kappa shape index (κ3) is 3.41. The fourth-order valence-corrected chi connectivity index (χ4v) is 3.35. The van der Waals surface area contributed by atoms with Gasteiger partial charge < -0.3 is 15.5 Å². The lowest BCUT2D eigenvalue weighted by molar-refractivity contribution is -0.143. The number of nitrogens with two attached hydrogens (primary N) is 1. The summed E-state index contributed by atoms with van der Waals surface area (Å²) < 4.78 is 0. The van der Waals surface area contributed by atoms with E-state index in [-0.39, 0.29) is 18.3 Å². The third-order valence-electron chi connectivity index (χ3n) is 4.72. The van der Waals surface area contributed by atoms with Gasteiger partial charge in [0.25, 0.3) is 0 Å². The summed E-state index contributed by atoms with van der Waals surface area (Å²) in [6.45, 7) is 7.37. The second-order valence-corrected chi connectivity index (χ2v) is 6.58. The maximum Gasteiger partial charge on any atom is 0.229 e. The highest BCUT2D eigenvalue weighted by molar-refractivity contribution is 5.85. The number of rotatable bonds is 2. The Morgan fingerprint density at radius 2 is 2.00 bits per heavy atom. The molecule has 0 spiro atoms. The smallest absolute Gasteiger partial charge is 0.229 e. The highest BCUT2D eigenvalue weighted by Gasteiger charge is 2.39. The quantitative estimate of drug-likeness (QED) is 0.834. The summed E-state index contributed by atoms with van der Waals surface area (Å²) >= 11 is 0. The van der Waals surface area contributed by atoms with Crippen molar-refractivity contribution in [3.8, 4) is 0 Å². The normalized spacial score (nSPS) is 28.5. The zero-order valence-corrected chi connectivity index (χ0v) is 13.2. The molecule has 0 aromatic rings. The highest BCUT2D eigenvalue weighted by atomic mass is 35.5. The molecule has 2 saturated heterocycles. The first kappa shape index (κ1) is 16.7. The molecule has 2 aliphatic rings. The van der Waals surface area contributed by atoms with E-state index >= 15 is 0 Å². The molecule has 19 heavy (non-hydrogen) atoms. The van der Waals surface area contributed by atoms with Crippen LogP contribution in [0.5, 0.6) is 0 Å². The molecule has 0 aliphatic carbocycles. The first-order valence-corrected chi connectivity index (χ1v) is 7.15. The van der Waals surface area contributed by atoms with Crippen molar-refractivity contribution in [1.29, 1.82) is 0 Å². The van der Waals surface area contributed by atoms with Crippen molar-refractivity contribution in [1.82, 2.24) is 9.80 Å². The van der Waals surface area contributed by atoms with Gasteiger partial charge in [-0.2, -0.15) is 0 Å². The summed E-state index contributed by atoms with van der Waals surface area (Å²) in [5, 5.41) is 0. The summed E-state index contributed by atoms with van der Waals surface area (Å²) in [5.41, 5.74) is 5.30. The monoisotopic (exact) mass is 289 g/mol. The van der Waals surface area contributed by atoms with E-state index in [0.29, 0.717) is 18.5 Å². The fraction of sp³-hybridized carbons (Fsp3) is 0.929. The van der Waals surface area contributed by atoms with Gasteiger partial charge in [0, 0.05) is 25.7 Å². The van der Waals surface area contributed by atoms with Crippen molar-refractivity contribution in [2.45, 2.75) is 39.2 Å². The molecule has 2 N–H and O–H groups in total. The number of hydrogen-bond acceptors (Lipinski definition) is 3. The molecule has 2 aliphatic heterocycles. The van der Waals surface area contributed by atoms with Crippen LogP contribution in [-0.2, 0) is 4.79 Å². The van der Waals surface area contributed by atoms with Gasteiger partial charge in [-0.05, 0) is 52.6 Å². The Labute approximate surface area is 123 Å². The van der Waals surface area contributed by atoms with E-state index in [4.69, 9.17) is 5.73 Å². The van der Waals surface area contributed by atoms with Crippen LogP contribution in [-0.4, -0.2) is 55.0 Å². The summed E-state index contributed by atoms with van der Waals surface area (Å²) in [6, 6.07) is 0.684. The van der Waals surface area contributed by atoms with Crippen molar-refractivity contribution >= 4 is 18.3 Å². The molecule has 0 aromatic heterocycles. The third-order valence-corrected chi connectivity index (χ3v) is 4.72. The number of hydrogen-bond donors (Lipinski definition) is 1. The molecule has 2 rings (SSSR count). The van der Waals surface area contributed by atoms with E-state index in [0.717, 1.165) is 19.5 Å². The van der Waals surface area contributed by atoms with Gasteiger partial charge in [0.1, 0.15) is 0 Å². The van der Waals surface area contributed by atoms with E-state index in [9.17, 15) is 4.79 Å². The predicted octanol–water partition coefficient (Wildman–Crippen LogP) is 1.34. The number of carbonyl (C=O) groups is 1. The van der Waals surface area contributed by atoms with E-state index in [2.05, 4.69) is 11.9 Å². The maximum atomic E-state index is 12.4. The van der Waals surface area contributed by atoms with Gasteiger partial charge in [0.05, 0.1) is 5.41 Å². The van der Waals surface area contributed by atoms with Crippen LogP contribution in [0.2, 0.25) is 0 Å². The SMILES string of the molecule is CN1CCCC2CN(C(=O)C(C)(C)CN)CCC21.Cl. The number of likely N-dealkylation sites (tertiary alicyclic amines) is 2. The van der Waals surface area contributed by atoms with Crippen LogP contribution in [0.25, 0.3) is 0 Å². The van der Waals surface area contributed by atoms with Crippen molar-refractivity contribution in [2.24, 2.45) is 17.1 Å². The first-order chi connectivity index (χ1) is 8.45. The number of carbonyl (C=O) groups excluding carboxylic acids is 1. The Bertz CT molecular complexity index is 322. The van der Waals surface area contributed by atoms with Crippen LogP contribution in [0.1, 0.15) is 33.1 Å². The number of piperidine rings is 2. The number of nitrogens with zero attached hydrogens (tertiary/aromatic N) is 2. The van der Waals surface area contributed by atoms with Crippen molar-refractivity contribution in [3.63, 3.8) is 0 Å². The van der Waals surface area contributed by atoms with Gasteiger partial charge in [-0.15, -0.1) is 12.4 Å². The molecule has 112 valence electrons. The zero-order valence-electron chi connectivity index (χ0n) is 12.4. The average Bonchev–Trinajstić information content (AvgIpc) is 2.37. The average molecular weight is 290 g/mol. The highest BCUT2D eigenvalue weighted by Crippen LogP contribution is 2.31. The standard InChI is InChI=1S/C14H27N3O.ClH/c1-14(2,10-15)13(18)17-8-6-12-11(9-17)5-4-7-16(12)3;/h11-12H,4-10,15H2,1-3H3;1H. The van der Waals surface area contributed by atoms with Gasteiger partial charge in [-0.1, -0.05) is 0 Å². The van der Waals surface area contributed by atoms with Crippen molar-refractivity contribution in [3.05, 3.63) is 0 Å². The summed E-state index contributed by atoms with van der Waals surface area (Å²) in [5.74, 6) is 0.895. The zero-order chi connectivity index (χ0) is 13.3. The number of halogens is 1. The summed E-state index contributed by atoms with van der Waals surface area (Å²) in [4.78, 5) is 17.0. The molecule has 1 amide bonds. The molecule has 4 nitrogen and oxygen atoms in total. The molecule has 2 heterocycles. The van der Waals surface area contributed by atoms with Gasteiger partial charge in [-0.3, -0.25) is 4.79 Å². The van der Waals surface area contributed by atoms with E-state index in [1.807, 2.05) is 18.7 Å². The Morgan fingerprint density at radius 3 is 2.63 bits per heavy atom. The van der Waals surface area contributed by atoms with Crippen LogP contribution in [0.4, 0.5) is 0 Å². The molecule has 0 bridgehead atoms. The van der Waals surface area contributed by atoms with Crippen LogP contribution >= 0.6 is 12.4 Å². The minimum Gasteiger partial charge on any atom is -0.342 e. The molecular weight excluding hydrogens is 262 g/mol. The van der Waals surface area contributed by atoms with Crippen molar-refractivity contribution in [2.75, 3.05) is 33.2 Å². The molecule has 2 atom stereocenters. The number of amides is 1. The first-order valence-electron chi connectivity index (χ1n) is 7.15. The Morgan fingerprint density at radius 1 is 1.32 bits per heavy atom. The molecule has 2 fully saturated rings. The molecule has 0 radical (unpaired) electrons. The largest absolute Gasteiger partial charge is 0.342 e. The lowest BCUT2D eigenvalue weighted by Gasteiger charge is -2.47. The Kier molecular flexibility index (Phi) is 5.65. The maximum absolute atomic E-state index is 12.4. The number of fused-ring (bicyclic) bond motifs is 1. The van der Waals surface area contributed by atoms with Gasteiger partial charge in [0.2, 0.25) is 5.91 Å². The molecule has 0 saturated carbocycles. The molecule has 5 heteroatoms. The van der Waals surface area contributed by atoms with E-state index < -0.39 is 5.41 Å². The van der Waals surface area contributed by atoms with Gasteiger partial charge in [-0.25, -0.2) is 0 Å². The minimum atomic E-state index is -0.409. The van der Waals surface area contributed by atoms with Gasteiger partial charge >= 0.3 is 0 Å². The second kappa shape index (κ2) is 6.42. The van der Waals surface area contributed by atoms with Gasteiger partial charge in [0.15, 0.2) is 0 Å². The Hall–Kier alpha value is -0.320. The minimum absolute atomic E-state index is 0. The molecule has 2 unspecified atom stereocenters. The van der Waals surface area contributed by atoms with Crippen LogP contribution in [0.15, 0.2) is 0 Å². The Balaban J connectivity index is 0.00000180. The molecular formula is C14H28ClN3O. The summed E-state index contributed by atoms with van der Waals surface area (Å²) in [6.07, 6.45) is 3.65. The van der Waals surface area contributed by atoms with E-state index in [1.165, 1.54) is 19.4 Å². The van der Waals surface area contributed by atoms with Crippen LogP contribution in [0.3, 0.4) is 0 Å². The lowest BCUT2D eigenvalue weighted by atomic mass is 9.82.